The van der Waals surface area contributed by atoms with Crippen molar-refractivity contribution in [2.24, 2.45) is 0 Å². The van der Waals surface area contributed by atoms with E-state index in [1.54, 1.807) is 6.07 Å². The summed E-state index contributed by atoms with van der Waals surface area (Å²) < 4.78 is 60.1. The Bertz CT molecular complexity index is 606. The summed E-state index contributed by atoms with van der Waals surface area (Å²) >= 11 is 0. The Kier molecular flexibility index (Phi) is 2.88. The third kappa shape index (κ3) is 1.79. The molecule has 1 heterocycles. The average molecular weight is 290 g/mol. The molecule has 4 nitrogen and oxygen atoms in total. The number of sulfone groups is 1. The van der Waals surface area contributed by atoms with Gasteiger partial charge < -0.3 is 9.47 Å². The maximum atomic E-state index is 12.8. The largest absolute Gasteiger partial charge is 0.343 e. The number of hydrogen-bond donors (Lipinski definition) is 0. The number of ether oxygens (including phenoxy) is 2. The molecule has 1 saturated heterocycles. The van der Waals surface area contributed by atoms with Crippen LogP contribution in [-0.2, 0) is 31.5 Å². The molecule has 7 heteroatoms. The number of rotatable bonds is 2. The monoisotopic (exact) mass is 290 g/mol. The molecule has 0 aromatic heterocycles. The number of aryl methyl sites for hydroxylation is 1. The van der Waals surface area contributed by atoms with Crippen molar-refractivity contribution in [3.05, 3.63) is 29.3 Å². The molecule has 1 aliphatic heterocycles. The molecule has 0 bridgehead atoms. The number of alkyl halides is 2. The van der Waals surface area contributed by atoms with Gasteiger partial charge in [-0.15, -0.1) is 0 Å². The summed E-state index contributed by atoms with van der Waals surface area (Å²) in [6.45, 7) is 0.672. The Morgan fingerprint density at radius 1 is 1.21 bits per heavy atom. The number of benzene rings is 1. The van der Waals surface area contributed by atoms with Crippen LogP contribution in [0, 0.1) is 0 Å². The van der Waals surface area contributed by atoms with Crippen molar-refractivity contribution in [2.45, 2.75) is 29.3 Å². The van der Waals surface area contributed by atoms with Gasteiger partial charge in [0, 0.05) is 12.0 Å². The van der Waals surface area contributed by atoms with Gasteiger partial charge in [-0.25, -0.2) is 8.42 Å². The summed E-state index contributed by atoms with van der Waals surface area (Å²) in [5.74, 6) is -4.61. The highest BCUT2D eigenvalue weighted by Gasteiger charge is 2.48. The molecule has 1 fully saturated rings. The number of hydrogen-bond acceptors (Lipinski definition) is 4. The first-order valence-electron chi connectivity index (χ1n) is 5.90. The van der Waals surface area contributed by atoms with Gasteiger partial charge in [0.05, 0.1) is 18.1 Å². The molecule has 104 valence electrons. The van der Waals surface area contributed by atoms with Crippen molar-refractivity contribution in [1.82, 2.24) is 0 Å². The second-order valence-corrected chi connectivity index (χ2v) is 6.43. The second-order valence-electron chi connectivity index (χ2n) is 4.55. The molecule has 1 aromatic carbocycles. The number of fused-ring (bicyclic) bond motifs is 2. The highest BCUT2D eigenvalue weighted by Crippen LogP contribution is 2.46. The first-order chi connectivity index (χ1) is 8.97. The van der Waals surface area contributed by atoms with E-state index in [0.29, 0.717) is 31.6 Å². The fraction of sp³-hybridized carbons (Fsp3) is 0.500. The molecule has 0 radical (unpaired) electrons. The fourth-order valence-electron chi connectivity index (χ4n) is 2.72. The maximum Gasteiger partial charge on any atom is 0.341 e. The van der Waals surface area contributed by atoms with Crippen LogP contribution in [0.2, 0.25) is 0 Å². The van der Waals surface area contributed by atoms with E-state index in [-0.39, 0.29) is 10.5 Å². The molecule has 0 amide bonds. The van der Waals surface area contributed by atoms with Gasteiger partial charge in [0.2, 0.25) is 9.84 Å². The molecule has 1 aliphatic carbocycles. The minimum Gasteiger partial charge on any atom is -0.343 e. The van der Waals surface area contributed by atoms with E-state index >= 15 is 0 Å². The first-order valence-corrected chi connectivity index (χ1v) is 7.44. The molecular weight excluding hydrogens is 278 g/mol. The van der Waals surface area contributed by atoms with Crippen molar-refractivity contribution in [3.8, 4) is 0 Å². The van der Waals surface area contributed by atoms with Crippen molar-refractivity contribution in [2.75, 3.05) is 13.2 Å². The highest BCUT2D eigenvalue weighted by atomic mass is 32.2. The quantitative estimate of drug-likeness (QED) is 0.834. The minimum atomic E-state index is -4.66. The normalized spacial score (nSPS) is 21.2. The predicted octanol–water partition coefficient (Wildman–Crippen LogP) is 1.83. The highest BCUT2D eigenvalue weighted by molar-refractivity contribution is 7.91. The molecule has 0 N–H and O–H groups in total. The summed E-state index contributed by atoms with van der Waals surface area (Å²) in [7, 11) is -4.66. The smallest absolute Gasteiger partial charge is 0.341 e. The lowest BCUT2D eigenvalue weighted by Crippen LogP contribution is -2.27. The van der Waals surface area contributed by atoms with Gasteiger partial charge in [-0.1, -0.05) is 12.1 Å². The molecule has 0 saturated carbocycles. The third-order valence-electron chi connectivity index (χ3n) is 3.51. The van der Waals surface area contributed by atoms with Crippen LogP contribution in [0.25, 0.3) is 0 Å². The molecule has 19 heavy (non-hydrogen) atoms. The summed E-state index contributed by atoms with van der Waals surface area (Å²) in [4.78, 5) is -0.376. The van der Waals surface area contributed by atoms with Gasteiger partial charge in [-0.3, -0.25) is 0 Å². The van der Waals surface area contributed by atoms with E-state index < -0.39 is 21.4 Å². The van der Waals surface area contributed by atoms with E-state index in [1.807, 2.05) is 0 Å². The zero-order chi connectivity index (χ0) is 13.7. The van der Waals surface area contributed by atoms with E-state index in [1.165, 1.54) is 12.1 Å². The van der Waals surface area contributed by atoms with Gasteiger partial charge in [0.25, 0.3) is 0 Å². The van der Waals surface area contributed by atoms with Crippen LogP contribution in [0.15, 0.2) is 23.1 Å². The van der Waals surface area contributed by atoms with Crippen molar-refractivity contribution < 1.29 is 26.7 Å². The van der Waals surface area contributed by atoms with E-state index in [9.17, 15) is 17.2 Å². The van der Waals surface area contributed by atoms with E-state index in [0.717, 1.165) is 0 Å². The maximum absolute atomic E-state index is 12.8. The SMILES string of the molecule is O=S(=O)(c1cccc2c1C1(CC2)OCCO1)C(F)F. The van der Waals surface area contributed by atoms with Crippen LogP contribution < -0.4 is 0 Å². The van der Waals surface area contributed by atoms with Crippen LogP contribution in [0.5, 0.6) is 0 Å². The predicted molar refractivity (Wildman–Crippen MR) is 61.5 cm³/mol. The Hall–Kier alpha value is -1.05. The lowest BCUT2D eigenvalue weighted by Gasteiger charge is -2.25. The Balaban J connectivity index is 2.22. The first kappa shape index (κ1) is 13.0. The average Bonchev–Trinajstić information content (AvgIpc) is 2.99. The van der Waals surface area contributed by atoms with Crippen LogP contribution in [0.4, 0.5) is 8.78 Å². The molecule has 0 atom stereocenters. The summed E-state index contributed by atoms with van der Waals surface area (Å²) in [5.41, 5.74) is 0.955. The number of halogens is 2. The third-order valence-corrected chi connectivity index (χ3v) is 4.93. The van der Waals surface area contributed by atoms with Crippen molar-refractivity contribution in [3.63, 3.8) is 0 Å². The van der Waals surface area contributed by atoms with Crippen LogP contribution in [-0.4, -0.2) is 27.4 Å². The van der Waals surface area contributed by atoms with Gasteiger partial charge >= 0.3 is 5.76 Å². The van der Waals surface area contributed by atoms with Crippen molar-refractivity contribution in [1.29, 1.82) is 0 Å². The summed E-state index contributed by atoms with van der Waals surface area (Å²) in [5, 5.41) is 0. The van der Waals surface area contributed by atoms with Gasteiger partial charge in [-0.2, -0.15) is 8.78 Å². The topological polar surface area (TPSA) is 52.6 Å². The molecule has 1 spiro atoms. The zero-order valence-corrected chi connectivity index (χ0v) is 10.8. The summed E-state index contributed by atoms with van der Waals surface area (Å²) in [6.07, 6.45) is 1.01. The van der Waals surface area contributed by atoms with E-state index in [4.69, 9.17) is 9.47 Å². The zero-order valence-electron chi connectivity index (χ0n) is 9.93. The van der Waals surface area contributed by atoms with Crippen LogP contribution in [0.3, 0.4) is 0 Å². The molecule has 0 unspecified atom stereocenters. The standard InChI is InChI=1S/C12H12F2O4S/c13-11(14)19(15,16)9-3-1-2-8-4-5-12(10(8)9)17-6-7-18-12/h1-3,11H,4-7H2. The van der Waals surface area contributed by atoms with Gasteiger partial charge in [-0.05, 0) is 18.1 Å². The molecule has 1 aromatic rings. The van der Waals surface area contributed by atoms with Crippen LogP contribution in [0.1, 0.15) is 17.5 Å². The van der Waals surface area contributed by atoms with Crippen molar-refractivity contribution >= 4 is 9.84 Å². The molecular formula is C12H12F2O4S. The summed E-state index contributed by atoms with van der Waals surface area (Å²) in [6, 6.07) is 4.39. The van der Waals surface area contributed by atoms with Gasteiger partial charge in [0.1, 0.15) is 0 Å². The minimum absolute atomic E-state index is 0.257. The molecule has 3 rings (SSSR count). The fourth-order valence-corrected chi connectivity index (χ4v) is 3.75. The second kappa shape index (κ2) is 4.22. The van der Waals surface area contributed by atoms with E-state index in [2.05, 4.69) is 0 Å². The van der Waals surface area contributed by atoms with Crippen LogP contribution >= 0.6 is 0 Å². The lowest BCUT2D eigenvalue weighted by atomic mass is 10.1. The Morgan fingerprint density at radius 3 is 2.53 bits per heavy atom. The molecule has 2 aliphatic rings. The van der Waals surface area contributed by atoms with Gasteiger partial charge in [0.15, 0.2) is 5.79 Å². The lowest BCUT2D eigenvalue weighted by molar-refractivity contribution is -0.164. The Morgan fingerprint density at radius 2 is 1.89 bits per heavy atom. The Labute approximate surface area is 109 Å².